The van der Waals surface area contributed by atoms with Crippen LogP contribution in [0, 0.1) is 0 Å². The quantitative estimate of drug-likeness (QED) is 0.633. The number of anilines is 1. The number of carboxylic acid groups (broad SMARTS) is 1. The number of carboxylic acids is 1. The van der Waals surface area contributed by atoms with Crippen LogP contribution in [0.2, 0.25) is 0 Å². The van der Waals surface area contributed by atoms with Gasteiger partial charge in [0.25, 0.3) is 0 Å². The molecule has 0 spiro atoms. The summed E-state index contributed by atoms with van der Waals surface area (Å²) in [6.45, 7) is 0.281. The molecule has 0 bridgehead atoms. The fourth-order valence-electron chi connectivity index (χ4n) is 1.68. The van der Waals surface area contributed by atoms with Crippen molar-refractivity contribution >= 4 is 11.7 Å². The van der Waals surface area contributed by atoms with Gasteiger partial charge in [-0.3, -0.25) is 0 Å². The van der Waals surface area contributed by atoms with E-state index in [9.17, 15) is 15.0 Å². The largest absolute Gasteiger partial charge is 0.504 e. The SMILES string of the molecule is O=C(O)c1cccc(NCc2cccc(O)c2O)c1. The lowest BCUT2D eigenvalue weighted by molar-refractivity contribution is 0.0697. The second-order valence-electron chi connectivity index (χ2n) is 4.02. The topological polar surface area (TPSA) is 89.8 Å². The monoisotopic (exact) mass is 259 g/mol. The molecule has 0 unspecified atom stereocenters. The second kappa shape index (κ2) is 5.30. The first-order chi connectivity index (χ1) is 9.08. The maximum absolute atomic E-state index is 10.8. The predicted octanol–water partition coefficient (Wildman–Crippen LogP) is 2.41. The molecule has 0 heterocycles. The van der Waals surface area contributed by atoms with E-state index in [1.807, 2.05) is 0 Å². The molecule has 0 aliphatic carbocycles. The van der Waals surface area contributed by atoms with Gasteiger partial charge in [-0.25, -0.2) is 4.79 Å². The molecule has 0 saturated carbocycles. The number of nitrogens with one attached hydrogen (secondary N) is 1. The van der Waals surface area contributed by atoms with E-state index >= 15 is 0 Å². The van der Waals surface area contributed by atoms with Crippen molar-refractivity contribution in [3.63, 3.8) is 0 Å². The van der Waals surface area contributed by atoms with Crippen molar-refractivity contribution < 1.29 is 20.1 Å². The number of hydrogen-bond acceptors (Lipinski definition) is 4. The Balaban J connectivity index is 2.12. The maximum atomic E-state index is 10.8. The summed E-state index contributed by atoms with van der Waals surface area (Å²) in [5.74, 6) is -1.35. The molecule has 5 nitrogen and oxygen atoms in total. The van der Waals surface area contributed by atoms with Crippen LogP contribution in [-0.4, -0.2) is 21.3 Å². The molecule has 4 N–H and O–H groups in total. The first-order valence-electron chi connectivity index (χ1n) is 5.65. The lowest BCUT2D eigenvalue weighted by Crippen LogP contribution is -2.02. The van der Waals surface area contributed by atoms with Crippen LogP contribution in [0.3, 0.4) is 0 Å². The molecule has 2 rings (SSSR count). The van der Waals surface area contributed by atoms with Gasteiger partial charge < -0.3 is 20.6 Å². The van der Waals surface area contributed by atoms with E-state index in [1.165, 1.54) is 18.2 Å². The summed E-state index contributed by atoms with van der Waals surface area (Å²) in [5, 5.41) is 30.9. The van der Waals surface area contributed by atoms with Crippen LogP contribution in [0.4, 0.5) is 5.69 Å². The highest BCUT2D eigenvalue weighted by Gasteiger charge is 2.06. The Morgan fingerprint density at radius 3 is 2.58 bits per heavy atom. The zero-order valence-corrected chi connectivity index (χ0v) is 10.00. The third-order valence-corrected chi connectivity index (χ3v) is 2.69. The van der Waals surface area contributed by atoms with Crippen molar-refractivity contribution in [3.05, 3.63) is 53.6 Å². The molecule has 0 aliphatic heterocycles. The molecule has 2 aromatic rings. The summed E-state index contributed by atoms with van der Waals surface area (Å²) in [6, 6.07) is 11.1. The number of rotatable bonds is 4. The van der Waals surface area contributed by atoms with Gasteiger partial charge in [-0.2, -0.15) is 0 Å². The van der Waals surface area contributed by atoms with Gasteiger partial charge in [-0.15, -0.1) is 0 Å². The van der Waals surface area contributed by atoms with Gasteiger partial charge in [0.1, 0.15) is 0 Å². The van der Waals surface area contributed by atoms with E-state index < -0.39 is 5.97 Å². The van der Waals surface area contributed by atoms with Crippen LogP contribution in [0.5, 0.6) is 11.5 Å². The third kappa shape index (κ3) is 2.95. The highest BCUT2D eigenvalue weighted by Crippen LogP contribution is 2.28. The summed E-state index contributed by atoms with van der Waals surface area (Å²) in [4.78, 5) is 10.8. The zero-order valence-electron chi connectivity index (χ0n) is 10.00. The minimum absolute atomic E-state index is 0.176. The summed E-state index contributed by atoms with van der Waals surface area (Å²) in [5.41, 5.74) is 1.34. The molecule has 2 aromatic carbocycles. The standard InChI is InChI=1S/C14H13NO4/c16-12-6-2-4-10(13(12)17)8-15-11-5-1-3-9(7-11)14(18)19/h1-7,15-17H,8H2,(H,18,19). The molecule has 0 saturated heterocycles. The van der Waals surface area contributed by atoms with Gasteiger partial charge in [-0.1, -0.05) is 18.2 Å². The van der Waals surface area contributed by atoms with Crippen LogP contribution in [0.1, 0.15) is 15.9 Å². The Morgan fingerprint density at radius 2 is 1.84 bits per heavy atom. The third-order valence-electron chi connectivity index (χ3n) is 2.69. The first-order valence-corrected chi connectivity index (χ1v) is 5.65. The molecule has 0 fully saturated rings. The highest BCUT2D eigenvalue weighted by atomic mass is 16.4. The Hall–Kier alpha value is -2.69. The summed E-state index contributed by atoms with van der Waals surface area (Å²) in [7, 11) is 0. The smallest absolute Gasteiger partial charge is 0.335 e. The van der Waals surface area contributed by atoms with E-state index in [-0.39, 0.29) is 23.6 Å². The van der Waals surface area contributed by atoms with Crippen molar-refractivity contribution in [2.24, 2.45) is 0 Å². The number of hydrogen-bond donors (Lipinski definition) is 4. The number of phenols is 2. The number of carbonyl (C=O) groups is 1. The van der Waals surface area contributed by atoms with E-state index in [0.717, 1.165) is 0 Å². The Labute approximate surface area is 109 Å². The van der Waals surface area contributed by atoms with Crippen LogP contribution in [0.25, 0.3) is 0 Å². The van der Waals surface area contributed by atoms with Gasteiger partial charge in [0.05, 0.1) is 5.56 Å². The normalized spacial score (nSPS) is 10.1. The zero-order chi connectivity index (χ0) is 13.8. The van der Waals surface area contributed by atoms with Gasteiger partial charge >= 0.3 is 5.97 Å². The number of aromatic carboxylic acids is 1. The van der Waals surface area contributed by atoms with Gasteiger partial charge in [0.2, 0.25) is 0 Å². The van der Waals surface area contributed by atoms with Crippen LogP contribution >= 0.6 is 0 Å². The van der Waals surface area contributed by atoms with Crippen LogP contribution in [-0.2, 0) is 6.54 Å². The molecule has 0 aliphatic rings. The van der Waals surface area contributed by atoms with Gasteiger partial charge in [0, 0.05) is 17.8 Å². The van der Waals surface area contributed by atoms with Crippen molar-refractivity contribution in [2.75, 3.05) is 5.32 Å². The fraction of sp³-hybridized carbons (Fsp3) is 0.0714. The van der Waals surface area contributed by atoms with Gasteiger partial charge in [0.15, 0.2) is 11.5 Å². The lowest BCUT2D eigenvalue weighted by atomic mass is 10.1. The van der Waals surface area contributed by atoms with Crippen molar-refractivity contribution in [1.82, 2.24) is 0 Å². The number of para-hydroxylation sites is 1. The average molecular weight is 259 g/mol. The van der Waals surface area contributed by atoms with Crippen molar-refractivity contribution in [3.8, 4) is 11.5 Å². The number of aromatic hydroxyl groups is 2. The number of phenolic OH excluding ortho intramolecular Hbond substituents is 2. The second-order valence-corrected chi connectivity index (χ2v) is 4.02. The van der Waals surface area contributed by atoms with Crippen LogP contribution < -0.4 is 5.32 Å². The molecule has 0 amide bonds. The Bertz CT molecular complexity index is 610. The van der Waals surface area contributed by atoms with E-state index in [0.29, 0.717) is 11.3 Å². The minimum Gasteiger partial charge on any atom is -0.504 e. The molecular weight excluding hydrogens is 246 g/mol. The molecule has 0 aromatic heterocycles. The average Bonchev–Trinajstić information content (AvgIpc) is 2.41. The Morgan fingerprint density at radius 1 is 1.11 bits per heavy atom. The minimum atomic E-state index is -0.996. The fourth-order valence-corrected chi connectivity index (χ4v) is 1.68. The predicted molar refractivity (Wildman–Crippen MR) is 70.5 cm³/mol. The molecule has 5 heteroatoms. The van der Waals surface area contributed by atoms with E-state index in [2.05, 4.69) is 5.32 Å². The Kier molecular flexibility index (Phi) is 3.56. The molecular formula is C14H13NO4. The number of benzene rings is 2. The van der Waals surface area contributed by atoms with Gasteiger partial charge in [-0.05, 0) is 24.3 Å². The molecule has 98 valence electrons. The lowest BCUT2D eigenvalue weighted by Gasteiger charge is -2.09. The summed E-state index contributed by atoms with van der Waals surface area (Å²) < 4.78 is 0. The molecule has 0 radical (unpaired) electrons. The maximum Gasteiger partial charge on any atom is 0.335 e. The molecule has 19 heavy (non-hydrogen) atoms. The van der Waals surface area contributed by atoms with Crippen molar-refractivity contribution in [2.45, 2.75) is 6.54 Å². The molecule has 0 atom stereocenters. The highest BCUT2D eigenvalue weighted by molar-refractivity contribution is 5.88. The van der Waals surface area contributed by atoms with E-state index in [1.54, 1.807) is 24.3 Å². The van der Waals surface area contributed by atoms with E-state index in [4.69, 9.17) is 5.11 Å². The van der Waals surface area contributed by atoms with Crippen LogP contribution in [0.15, 0.2) is 42.5 Å². The van der Waals surface area contributed by atoms with Crippen molar-refractivity contribution in [1.29, 1.82) is 0 Å². The summed E-state index contributed by atoms with van der Waals surface area (Å²) in [6.07, 6.45) is 0. The first kappa shape index (κ1) is 12.8. The summed E-state index contributed by atoms with van der Waals surface area (Å²) >= 11 is 0.